The minimum absolute atomic E-state index is 0.0909. The lowest BCUT2D eigenvalue weighted by molar-refractivity contribution is -0.120. The molecule has 2 aliphatic rings. The van der Waals surface area contributed by atoms with Gasteiger partial charge in [0, 0.05) is 38.9 Å². The Bertz CT molecular complexity index is 517. The topological polar surface area (TPSA) is 69.1 Å². The molecule has 120 valence electrons. The van der Waals surface area contributed by atoms with Crippen LogP contribution in [0.5, 0.6) is 5.88 Å². The molecule has 0 bridgehead atoms. The second kappa shape index (κ2) is 7.04. The molecule has 3 rings (SSSR count). The highest BCUT2D eigenvalue weighted by Crippen LogP contribution is 2.28. The van der Waals surface area contributed by atoms with Gasteiger partial charge in [-0.05, 0) is 12.1 Å². The van der Waals surface area contributed by atoms with Crippen LogP contribution in [-0.2, 0) is 4.79 Å². The maximum atomic E-state index is 12.6. The van der Waals surface area contributed by atoms with Crippen molar-refractivity contribution in [3.8, 4) is 5.88 Å². The van der Waals surface area contributed by atoms with Crippen LogP contribution in [0.25, 0.3) is 0 Å². The zero-order valence-electron chi connectivity index (χ0n) is 12.6. The third kappa shape index (κ3) is 3.37. The van der Waals surface area contributed by atoms with E-state index < -0.39 is 0 Å². The molecular formula is C15H22N4O3. The van der Waals surface area contributed by atoms with Crippen molar-refractivity contribution in [1.29, 1.82) is 0 Å². The standard InChI is InChI=1S/C15H22N4O3/c20-10-8-17-4-6-18(7-5-17)12-14(21)19-9-11-22-15-13(19)2-1-3-16-15/h1-3,20H,4-12H2. The van der Waals surface area contributed by atoms with Crippen LogP contribution in [0.3, 0.4) is 0 Å². The molecule has 3 heterocycles. The maximum absolute atomic E-state index is 12.6. The molecular weight excluding hydrogens is 284 g/mol. The Hall–Kier alpha value is -1.70. The minimum atomic E-state index is 0.0909. The molecule has 1 N–H and O–H groups in total. The number of hydrogen-bond donors (Lipinski definition) is 1. The molecule has 0 radical (unpaired) electrons. The Labute approximate surface area is 130 Å². The lowest BCUT2D eigenvalue weighted by Gasteiger charge is -2.35. The smallest absolute Gasteiger partial charge is 0.241 e. The van der Waals surface area contributed by atoms with E-state index in [2.05, 4.69) is 14.8 Å². The van der Waals surface area contributed by atoms with Crippen molar-refractivity contribution in [2.24, 2.45) is 0 Å². The predicted molar refractivity (Wildman–Crippen MR) is 82.1 cm³/mol. The lowest BCUT2D eigenvalue weighted by atomic mass is 10.2. The van der Waals surface area contributed by atoms with E-state index in [1.165, 1.54) is 0 Å². The first-order chi connectivity index (χ1) is 10.8. The third-order valence-corrected chi connectivity index (χ3v) is 4.14. The number of aliphatic hydroxyl groups is 1. The van der Waals surface area contributed by atoms with Crippen LogP contribution in [0.15, 0.2) is 18.3 Å². The van der Waals surface area contributed by atoms with Gasteiger partial charge in [0.1, 0.15) is 12.3 Å². The van der Waals surface area contributed by atoms with E-state index in [0.717, 1.165) is 31.9 Å². The molecule has 0 aromatic carbocycles. The number of carbonyl (C=O) groups is 1. The fraction of sp³-hybridized carbons (Fsp3) is 0.600. The van der Waals surface area contributed by atoms with E-state index in [4.69, 9.17) is 9.84 Å². The first-order valence-electron chi connectivity index (χ1n) is 7.71. The van der Waals surface area contributed by atoms with E-state index in [1.54, 1.807) is 11.1 Å². The molecule has 1 fully saturated rings. The van der Waals surface area contributed by atoms with Crippen LogP contribution in [-0.4, -0.2) is 84.8 Å². The summed E-state index contributed by atoms with van der Waals surface area (Å²) in [6, 6.07) is 3.69. The van der Waals surface area contributed by atoms with Crippen LogP contribution in [0, 0.1) is 0 Å². The molecule has 1 aromatic heterocycles. The molecule has 7 nitrogen and oxygen atoms in total. The molecule has 7 heteroatoms. The lowest BCUT2D eigenvalue weighted by Crippen LogP contribution is -2.51. The Morgan fingerprint density at radius 3 is 2.77 bits per heavy atom. The highest BCUT2D eigenvalue weighted by molar-refractivity contribution is 5.96. The largest absolute Gasteiger partial charge is 0.474 e. The average molecular weight is 306 g/mol. The Morgan fingerprint density at radius 1 is 1.23 bits per heavy atom. The number of anilines is 1. The number of hydrogen-bond acceptors (Lipinski definition) is 6. The summed E-state index contributed by atoms with van der Waals surface area (Å²) in [5.74, 6) is 0.628. The second-order valence-corrected chi connectivity index (χ2v) is 5.56. The van der Waals surface area contributed by atoms with Gasteiger partial charge in [-0.2, -0.15) is 0 Å². The normalized spacial score (nSPS) is 19.6. The summed E-state index contributed by atoms with van der Waals surface area (Å²) in [4.78, 5) is 22.9. The summed E-state index contributed by atoms with van der Waals surface area (Å²) in [5.41, 5.74) is 0.762. The summed E-state index contributed by atoms with van der Waals surface area (Å²) < 4.78 is 5.49. The highest BCUT2D eigenvalue weighted by atomic mass is 16.5. The van der Waals surface area contributed by atoms with Crippen LogP contribution in [0.1, 0.15) is 0 Å². The fourth-order valence-electron chi connectivity index (χ4n) is 2.90. The number of aliphatic hydroxyl groups excluding tert-OH is 1. The van der Waals surface area contributed by atoms with Gasteiger partial charge in [-0.1, -0.05) is 0 Å². The Morgan fingerprint density at radius 2 is 2.00 bits per heavy atom. The van der Waals surface area contributed by atoms with E-state index in [9.17, 15) is 4.79 Å². The first-order valence-corrected chi connectivity index (χ1v) is 7.71. The summed E-state index contributed by atoms with van der Waals surface area (Å²) in [5, 5.41) is 8.96. The number of β-amino-alcohol motifs (C(OH)–C–C–N with tert-alkyl or cyclic N) is 1. The van der Waals surface area contributed by atoms with E-state index in [1.807, 2.05) is 12.1 Å². The Kier molecular flexibility index (Phi) is 4.87. The molecule has 0 aliphatic carbocycles. The summed E-state index contributed by atoms with van der Waals surface area (Å²) in [6.07, 6.45) is 1.67. The van der Waals surface area contributed by atoms with E-state index in [0.29, 0.717) is 32.1 Å². The van der Waals surface area contributed by atoms with Gasteiger partial charge in [-0.15, -0.1) is 0 Å². The summed E-state index contributed by atoms with van der Waals surface area (Å²) in [7, 11) is 0. The first kappa shape index (κ1) is 15.2. The number of nitrogens with zero attached hydrogens (tertiary/aromatic N) is 4. The van der Waals surface area contributed by atoms with Gasteiger partial charge in [0.15, 0.2) is 0 Å². The molecule has 1 aromatic rings. The quantitative estimate of drug-likeness (QED) is 0.802. The van der Waals surface area contributed by atoms with Crippen LogP contribution in [0.2, 0.25) is 0 Å². The van der Waals surface area contributed by atoms with Crippen LogP contribution >= 0.6 is 0 Å². The molecule has 0 atom stereocenters. The van der Waals surface area contributed by atoms with Crippen molar-refractivity contribution in [2.45, 2.75) is 0 Å². The number of piperazine rings is 1. The van der Waals surface area contributed by atoms with Gasteiger partial charge >= 0.3 is 0 Å². The van der Waals surface area contributed by atoms with E-state index in [-0.39, 0.29) is 12.5 Å². The third-order valence-electron chi connectivity index (χ3n) is 4.14. The Balaban J connectivity index is 1.57. The highest BCUT2D eigenvalue weighted by Gasteiger charge is 2.26. The number of pyridine rings is 1. The van der Waals surface area contributed by atoms with Crippen molar-refractivity contribution in [1.82, 2.24) is 14.8 Å². The minimum Gasteiger partial charge on any atom is -0.474 e. The van der Waals surface area contributed by atoms with Crippen molar-refractivity contribution in [3.63, 3.8) is 0 Å². The van der Waals surface area contributed by atoms with Crippen molar-refractivity contribution < 1.29 is 14.6 Å². The van der Waals surface area contributed by atoms with Crippen LogP contribution in [0.4, 0.5) is 5.69 Å². The van der Waals surface area contributed by atoms with Gasteiger partial charge in [-0.25, -0.2) is 4.98 Å². The summed E-state index contributed by atoms with van der Waals surface area (Å²) in [6.45, 7) is 5.89. The zero-order valence-corrected chi connectivity index (χ0v) is 12.6. The van der Waals surface area contributed by atoms with Gasteiger partial charge in [-0.3, -0.25) is 14.6 Å². The summed E-state index contributed by atoms with van der Waals surface area (Å²) >= 11 is 0. The van der Waals surface area contributed by atoms with Crippen molar-refractivity contribution in [2.75, 3.05) is 63.9 Å². The number of carbonyl (C=O) groups excluding carboxylic acids is 1. The van der Waals surface area contributed by atoms with Gasteiger partial charge in [0.25, 0.3) is 0 Å². The number of amides is 1. The van der Waals surface area contributed by atoms with Crippen molar-refractivity contribution in [3.05, 3.63) is 18.3 Å². The predicted octanol–water partition coefficient (Wildman–Crippen LogP) is -0.583. The number of rotatable bonds is 4. The number of aromatic nitrogens is 1. The average Bonchev–Trinajstić information content (AvgIpc) is 2.56. The van der Waals surface area contributed by atoms with Gasteiger partial charge in [0.2, 0.25) is 11.8 Å². The molecule has 0 unspecified atom stereocenters. The molecule has 22 heavy (non-hydrogen) atoms. The maximum Gasteiger partial charge on any atom is 0.241 e. The zero-order chi connectivity index (χ0) is 15.4. The number of fused-ring (bicyclic) bond motifs is 1. The van der Waals surface area contributed by atoms with Gasteiger partial charge in [0.05, 0.1) is 19.7 Å². The monoisotopic (exact) mass is 306 g/mol. The van der Waals surface area contributed by atoms with Crippen LogP contribution < -0.4 is 9.64 Å². The van der Waals surface area contributed by atoms with E-state index >= 15 is 0 Å². The fourth-order valence-corrected chi connectivity index (χ4v) is 2.90. The SMILES string of the molecule is O=C(CN1CCN(CCO)CC1)N1CCOc2ncccc21. The molecule has 0 spiro atoms. The molecule has 1 amide bonds. The molecule has 1 saturated heterocycles. The van der Waals surface area contributed by atoms with Gasteiger partial charge < -0.3 is 14.7 Å². The van der Waals surface area contributed by atoms with Crippen molar-refractivity contribution >= 4 is 11.6 Å². The molecule has 0 saturated carbocycles. The second-order valence-electron chi connectivity index (χ2n) is 5.56. The molecule has 2 aliphatic heterocycles. The number of ether oxygens (including phenoxy) is 1.